The van der Waals surface area contributed by atoms with Crippen LogP contribution in [0.1, 0.15) is 36.5 Å². The van der Waals surface area contributed by atoms with Crippen LogP contribution >= 0.6 is 7.60 Å². The SMILES string of the molecule is CCN(OCc1ccccc1)C(=O)CCCP(=O)(OCc1ccccc1)OCc1ccccc1. The fourth-order valence-electron chi connectivity index (χ4n) is 3.28. The summed E-state index contributed by atoms with van der Waals surface area (Å²) in [5.74, 6) is -0.156. The Labute approximate surface area is 202 Å². The van der Waals surface area contributed by atoms with Gasteiger partial charge in [-0.15, -0.1) is 0 Å². The van der Waals surface area contributed by atoms with E-state index in [0.717, 1.165) is 16.7 Å². The summed E-state index contributed by atoms with van der Waals surface area (Å²) in [5, 5.41) is 1.35. The van der Waals surface area contributed by atoms with Gasteiger partial charge in [0.05, 0.1) is 19.4 Å². The Bertz CT molecular complexity index is 983. The molecule has 3 rings (SSSR count). The first-order valence-corrected chi connectivity index (χ1v) is 13.2. The summed E-state index contributed by atoms with van der Waals surface area (Å²) in [5.41, 5.74) is 2.81. The van der Waals surface area contributed by atoms with E-state index in [1.807, 2.05) is 97.9 Å². The molecule has 0 aromatic heterocycles. The third kappa shape index (κ3) is 8.88. The lowest BCUT2D eigenvalue weighted by Gasteiger charge is -2.22. The fourth-order valence-corrected chi connectivity index (χ4v) is 4.85. The third-order valence-electron chi connectivity index (χ3n) is 5.16. The Kier molecular flexibility index (Phi) is 10.5. The van der Waals surface area contributed by atoms with E-state index < -0.39 is 7.60 Å². The van der Waals surface area contributed by atoms with Crippen LogP contribution in [0.5, 0.6) is 0 Å². The largest absolute Gasteiger partial charge is 0.331 e. The molecule has 0 heterocycles. The van der Waals surface area contributed by atoms with Gasteiger partial charge in [-0.1, -0.05) is 91.0 Å². The second-order valence-electron chi connectivity index (χ2n) is 7.80. The summed E-state index contributed by atoms with van der Waals surface area (Å²) in [6.07, 6.45) is 0.704. The average Bonchev–Trinajstić information content (AvgIpc) is 2.89. The molecule has 0 aliphatic carbocycles. The van der Waals surface area contributed by atoms with Crippen LogP contribution in [0.25, 0.3) is 0 Å². The van der Waals surface area contributed by atoms with Crippen LogP contribution in [-0.4, -0.2) is 23.7 Å². The summed E-state index contributed by atoms with van der Waals surface area (Å²) in [4.78, 5) is 18.4. The van der Waals surface area contributed by atoms with E-state index in [2.05, 4.69) is 0 Å². The molecule has 0 aliphatic heterocycles. The van der Waals surface area contributed by atoms with Gasteiger partial charge < -0.3 is 9.05 Å². The number of carbonyl (C=O) groups excluding carboxylic acids is 1. The highest BCUT2D eigenvalue weighted by Crippen LogP contribution is 2.50. The van der Waals surface area contributed by atoms with Crippen molar-refractivity contribution >= 4 is 13.5 Å². The quantitative estimate of drug-likeness (QED) is 0.198. The first kappa shape index (κ1) is 25.9. The fraction of sp³-hybridized carbons (Fsp3) is 0.296. The molecule has 6 nitrogen and oxygen atoms in total. The Morgan fingerprint density at radius 1 is 0.735 bits per heavy atom. The van der Waals surface area contributed by atoms with E-state index in [1.165, 1.54) is 5.06 Å². The standard InChI is InChI=1S/C27H32NO5P/c1-2-28(31-21-24-13-6-3-7-14-24)27(29)19-12-20-34(30,32-22-25-15-8-4-9-16-25)33-23-26-17-10-5-11-18-26/h3-11,13-18H,2,12,19-23H2,1H3. The van der Waals surface area contributed by atoms with E-state index in [-0.39, 0.29) is 31.7 Å². The van der Waals surface area contributed by atoms with E-state index in [9.17, 15) is 9.36 Å². The number of hydroxylamine groups is 2. The predicted octanol–water partition coefficient (Wildman–Crippen LogP) is 6.37. The number of hydrogen-bond acceptors (Lipinski definition) is 5. The Morgan fingerprint density at radius 3 is 1.62 bits per heavy atom. The molecule has 34 heavy (non-hydrogen) atoms. The molecule has 0 spiro atoms. The molecule has 0 aliphatic rings. The van der Waals surface area contributed by atoms with Crippen molar-refractivity contribution in [3.05, 3.63) is 108 Å². The van der Waals surface area contributed by atoms with Crippen LogP contribution in [0.4, 0.5) is 0 Å². The maximum Gasteiger partial charge on any atom is 0.331 e. The van der Waals surface area contributed by atoms with Crippen LogP contribution in [-0.2, 0) is 43.1 Å². The Balaban J connectivity index is 1.53. The summed E-state index contributed by atoms with van der Waals surface area (Å²) in [6, 6.07) is 28.8. The average molecular weight is 482 g/mol. The van der Waals surface area contributed by atoms with Crippen molar-refractivity contribution < 1.29 is 23.2 Å². The zero-order valence-electron chi connectivity index (χ0n) is 19.5. The van der Waals surface area contributed by atoms with Crippen molar-refractivity contribution in [1.29, 1.82) is 0 Å². The van der Waals surface area contributed by atoms with Gasteiger partial charge in [0.25, 0.3) is 0 Å². The van der Waals surface area contributed by atoms with Gasteiger partial charge in [0.2, 0.25) is 5.91 Å². The minimum absolute atomic E-state index is 0.147. The molecule has 0 saturated carbocycles. The van der Waals surface area contributed by atoms with Crippen LogP contribution < -0.4 is 0 Å². The highest BCUT2D eigenvalue weighted by atomic mass is 31.2. The molecule has 180 valence electrons. The van der Waals surface area contributed by atoms with Crippen molar-refractivity contribution in [2.75, 3.05) is 12.7 Å². The summed E-state index contributed by atoms with van der Waals surface area (Å²) < 4.78 is 25.1. The van der Waals surface area contributed by atoms with E-state index >= 15 is 0 Å². The third-order valence-corrected chi connectivity index (χ3v) is 7.07. The molecule has 3 aromatic rings. The summed E-state index contributed by atoms with van der Waals surface area (Å²) in [6.45, 7) is 2.97. The lowest BCUT2D eigenvalue weighted by molar-refractivity contribution is -0.190. The summed E-state index contributed by atoms with van der Waals surface area (Å²) in [7, 11) is -3.42. The summed E-state index contributed by atoms with van der Waals surface area (Å²) >= 11 is 0. The maximum atomic E-state index is 13.5. The zero-order valence-corrected chi connectivity index (χ0v) is 20.4. The molecular weight excluding hydrogens is 449 g/mol. The van der Waals surface area contributed by atoms with Crippen LogP contribution in [0, 0.1) is 0 Å². The van der Waals surface area contributed by atoms with E-state index in [1.54, 1.807) is 0 Å². The Hall–Kier alpha value is -2.76. The van der Waals surface area contributed by atoms with Gasteiger partial charge in [0.1, 0.15) is 6.61 Å². The van der Waals surface area contributed by atoms with Gasteiger partial charge in [-0.3, -0.25) is 14.2 Å². The molecular formula is C27H32NO5P. The first-order chi connectivity index (χ1) is 16.6. The molecule has 0 atom stereocenters. The number of nitrogens with zero attached hydrogens (tertiary/aromatic N) is 1. The first-order valence-electron chi connectivity index (χ1n) is 11.5. The van der Waals surface area contributed by atoms with Crippen molar-refractivity contribution in [1.82, 2.24) is 5.06 Å². The Morgan fingerprint density at radius 2 is 1.18 bits per heavy atom. The molecule has 0 bridgehead atoms. The molecule has 0 saturated heterocycles. The minimum Gasteiger partial charge on any atom is -0.304 e. The van der Waals surface area contributed by atoms with Crippen molar-refractivity contribution in [2.24, 2.45) is 0 Å². The number of hydrogen-bond donors (Lipinski definition) is 0. The number of amides is 1. The normalized spacial score (nSPS) is 11.3. The van der Waals surface area contributed by atoms with Gasteiger partial charge in [-0.25, -0.2) is 5.06 Å². The molecule has 0 unspecified atom stereocenters. The molecule has 7 heteroatoms. The number of benzene rings is 3. The molecule has 0 radical (unpaired) electrons. The second-order valence-corrected chi connectivity index (χ2v) is 9.99. The van der Waals surface area contributed by atoms with Gasteiger partial charge >= 0.3 is 7.60 Å². The predicted molar refractivity (Wildman–Crippen MR) is 133 cm³/mol. The van der Waals surface area contributed by atoms with Crippen molar-refractivity contribution in [2.45, 2.75) is 39.6 Å². The van der Waals surface area contributed by atoms with Crippen molar-refractivity contribution in [3.8, 4) is 0 Å². The highest BCUT2D eigenvalue weighted by molar-refractivity contribution is 7.53. The van der Waals surface area contributed by atoms with Crippen LogP contribution in [0.3, 0.4) is 0 Å². The second kappa shape index (κ2) is 13.8. The lowest BCUT2D eigenvalue weighted by Crippen LogP contribution is -2.30. The van der Waals surface area contributed by atoms with Crippen LogP contribution in [0.15, 0.2) is 91.0 Å². The van der Waals surface area contributed by atoms with Gasteiger partial charge in [-0.2, -0.15) is 0 Å². The minimum atomic E-state index is -3.42. The maximum absolute atomic E-state index is 13.5. The monoisotopic (exact) mass is 481 g/mol. The topological polar surface area (TPSA) is 65.1 Å². The molecule has 0 fully saturated rings. The lowest BCUT2D eigenvalue weighted by atomic mass is 10.2. The van der Waals surface area contributed by atoms with Gasteiger partial charge in [0.15, 0.2) is 0 Å². The molecule has 0 N–H and O–H groups in total. The van der Waals surface area contributed by atoms with Crippen molar-refractivity contribution in [3.63, 3.8) is 0 Å². The number of rotatable bonds is 14. The smallest absolute Gasteiger partial charge is 0.304 e. The highest BCUT2D eigenvalue weighted by Gasteiger charge is 2.26. The van der Waals surface area contributed by atoms with Gasteiger partial charge in [0, 0.05) is 13.0 Å². The zero-order chi connectivity index (χ0) is 24.1. The van der Waals surface area contributed by atoms with E-state index in [0.29, 0.717) is 19.6 Å². The van der Waals surface area contributed by atoms with Gasteiger partial charge in [-0.05, 0) is 30.0 Å². The number of carbonyl (C=O) groups is 1. The van der Waals surface area contributed by atoms with E-state index in [4.69, 9.17) is 13.9 Å². The van der Waals surface area contributed by atoms with Crippen LogP contribution in [0.2, 0.25) is 0 Å². The molecule has 1 amide bonds. The molecule has 3 aromatic carbocycles.